The van der Waals surface area contributed by atoms with Gasteiger partial charge < -0.3 is 15.0 Å². The van der Waals surface area contributed by atoms with E-state index in [9.17, 15) is 28.1 Å². The summed E-state index contributed by atoms with van der Waals surface area (Å²) in [5.74, 6) is -1.09. The molecule has 50 heavy (non-hydrogen) atoms. The number of nitro benzene ring substituents is 1. The van der Waals surface area contributed by atoms with Crippen LogP contribution >= 0.6 is 23.2 Å². The molecule has 0 aliphatic heterocycles. The zero-order chi connectivity index (χ0) is 36.6. The fourth-order valence-electron chi connectivity index (χ4n) is 5.27. The van der Waals surface area contributed by atoms with Crippen LogP contribution in [0, 0.1) is 17.0 Å². The molecular weight excluding hydrogens is 703 g/mol. The third-order valence-corrected chi connectivity index (χ3v) is 10.4. The molecule has 11 nitrogen and oxygen atoms in total. The van der Waals surface area contributed by atoms with Gasteiger partial charge in [0.25, 0.3) is 15.7 Å². The van der Waals surface area contributed by atoms with Gasteiger partial charge in [0, 0.05) is 40.7 Å². The van der Waals surface area contributed by atoms with Crippen LogP contribution in [0.1, 0.15) is 37.0 Å². The number of carbonyl (C=O) groups is 2. The normalized spacial score (nSPS) is 12.4. The first kappa shape index (κ1) is 38.2. The molecule has 0 radical (unpaired) electrons. The van der Waals surface area contributed by atoms with Crippen LogP contribution in [-0.2, 0) is 32.6 Å². The Bertz CT molecular complexity index is 1960. The number of nitrogens with one attached hydrogen (secondary N) is 1. The van der Waals surface area contributed by atoms with E-state index >= 15 is 0 Å². The summed E-state index contributed by atoms with van der Waals surface area (Å²) in [6, 6.07) is 22.4. The first-order valence-electron chi connectivity index (χ1n) is 15.7. The lowest BCUT2D eigenvalue weighted by Gasteiger charge is -2.34. The molecular formula is C36H38Cl2N4O7S. The number of methoxy groups -OCH3 is 1. The number of rotatable bonds is 15. The van der Waals surface area contributed by atoms with E-state index in [1.54, 1.807) is 24.3 Å². The van der Waals surface area contributed by atoms with Gasteiger partial charge in [0.1, 0.15) is 18.3 Å². The van der Waals surface area contributed by atoms with Crippen LogP contribution in [0.15, 0.2) is 95.9 Å². The van der Waals surface area contributed by atoms with Gasteiger partial charge in [-0.1, -0.05) is 78.7 Å². The second-order valence-corrected chi connectivity index (χ2v) is 14.4. The minimum Gasteiger partial charge on any atom is -0.495 e. The van der Waals surface area contributed by atoms with E-state index in [1.807, 2.05) is 44.2 Å². The molecule has 1 N–H and O–H groups in total. The number of anilines is 1. The SMILES string of the molecule is CC[C@@H](C)NC(=O)[C@@H](Cc1ccccc1)N(Cc1cccc(Cl)c1)C(=O)CN(c1cc(Cl)ccc1OC)S(=O)(=O)c1ccc(C)c([N+](=O)[O-])c1. The molecule has 0 spiro atoms. The number of hydrogen-bond acceptors (Lipinski definition) is 7. The van der Waals surface area contributed by atoms with Crippen molar-refractivity contribution in [1.29, 1.82) is 0 Å². The summed E-state index contributed by atoms with van der Waals surface area (Å²) in [5.41, 5.74) is 1.13. The largest absolute Gasteiger partial charge is 0.495 e. The second kappa shape index (κ2) is 16.8. The van der Waals surface area contributed by atoms with Gasteiger partial charge >= 0.3 is 0 Å². The van der Waals surface area contributed by atoms with Gasteiger partial charge in [-0.15, -0.1) is 0 Å². The quantitative estimate of drug-likeness (QED) is 0.103. The fourth-order valence-corrected chi connectivity index (χ4v) is 7.09. The zero-order valence-electron chi connectivity index (χ0n) is 28.0. The predicted octanol–water partition coefficient (Wildman–Crippen LogP) is 6.97. The number of halogens is 2. The van der Waals surface area contributed by atoms with Crippen molar-refractivity contribution in [3.63, 3.8) is 0 Å². The van der Waals surface area contributed by atoms with Crippen LogP contribution in [0.4, 0.5) is 11.4 Å². The Hall–Kier alpha value is -4.65. The molecule has 0 saturated heterocycles. The molecule has 0 aromatic heterocycles. The van der Waals surface area contributed by atoms with E-state index < -0.39 is 49.9 Å². The average Bonchev–Trinajstić information content (AvgIpc) is 3.08. The maximum absolute atomic E-state index is 14.7. The van der Waals surface area contributed by atoms with Gasteiger partial charge in [0.15, 0.2) is 0 Å². The Morgan fingerprint density at radius 1 is 0.940 bits per heavy atom. The molecule has 0 saturated carbocycles. The minimum atomic E-state index is -4.69. The molecule has 0 bridgehead atoms. The van der Waals surface area contributed by atoms with Crippen LogP contribution in [0.3, 0.4) is 0 Å². The second-order valence-electron chi connectivity index (χ2n) is 11.7. The van der Waals surface area contributed by atoms with Crippen molar-refractivity contribution in [3.05, 3.63) is 128 Å². The molecule has 4 aromatic carbocycles. The molecule has 0 aliphatic carbocycles. The van der Waals surface area contributed by atoms with Crippen molar-refractivity contribution >= 4 is 56.4 Å². The first-order valence-corrected chi connectivity index (χ1v) is 17.9. The maximum atomic E-state index is 14.7. The van der Waals surface area contributed by atoms with Gasteiger partial charge in [0.2, 0.25) is 11.8 Å². The number of nitrogens with zero attached hydrogens (tertiary/aromatic N) is 3. The molecule has 2 atom stereocenters. The topological polar surface area (TPSA) is 139 Å². The van der Waals surface area contributed by atoms with E-state index in [-0.39, 0.29) is 41.0 Å². The smallest absolute Gasteiger partial charge is 0.273 e. The summed E-state index contributed by atoms with van der Waals surface area (Å²) in [4.78, 5) is 40.7. The van der Waals surface area contributed by atoms with Crippen molar-refractivity contribution in [2.24, 2.45) is 0 Å². The Balaban J connectivity index is 1.90. The average molecular weight is 742 g/mol. The number of carbonyl (C=O) groups excluding carboxylic acids is 2. The van der Waals surface area contributed by atoms with Crippen LogP contribution in [0.5, 0.6) is 5.75 Å². The lowest BCUT2D eigenvalue weighted by Crippen LogP contribution is -2.54. The van der Waals surface area contributed by atoms with E-state index in [0.717, 1.165) is 15.9 Å². The molecule has 14 heteroatoms. The summed E-state index contributed by atoms with van der Waals surface area (Å²) in [6.07, 6.45) is 0.752. The van der Waals surface area contributed by atoms with Gasteiger partial charge in [0.05, 0.1) is 22.6 Å². The minimum absolute atomic E-state index is 0.0733. The lowest BCUT2D eigenvalue weighted by molar-refractivity contribution is -0.385. The fraction of sp³-hybridized carbons (Fsp3) is 0.278. The van der Waals surface area contributed by atoms with Crippen LogP contribution in [0.25, 0.3) is 0 Å². The molecule has 264 valence electrons. The number of hydrogen-bond donors (Lipinski definition) is 1. The van der Waals surface area contributed by atoms with Gasteiger partial charge in [-0.05, 0) is 67.8 Å². The van der Waals surface area contributed by atoms with Crippen LogP contribution < -0.4 is 14.4 Å². The standard InChI is InChI=1S/C36H38Cl2N4O7S/c1-5-25(3)39-36(44)33(19-26-10-7-6-8-11-26)40(22-27-12-9-13-28(37)18-27)35(43)23-41(32-20-29(38)15-17-34(32)49-4)50(47,48)30-16-14-24(2)31(21-30)42(45)46/h6-18,20-21,25,33H,5,19,22-23H2,1-4H3,(H,39,44)/t25-,33-/m1/s1. The third-order valence-electron chi connectivity index (χ3n) is 8.17. The summed E-state index contributed by atoms with van der Waals surface area (Å²) in [5, 5.41) is 15.3. The van der Waals surface area contributed by atoms with E-state index in [1.165, 1.54) is 49.3 Å². The molecule has 0 unspecified atom stereocenters. The maximum Gasteiger partial charge on any atom is 0.273 e. The number of sulfonamides is 1. The van der Waals surface area contributed by atoms with Crippen LogP contribution in [0.2, 0.25) is 10.0 Å². The number of benzene rings is 4. The molecule has 0 fully saturated rings. The third kappa shape index (κ3) is 9.32. The number of amides is 2. The highest BCUT2D eigenvalue weighted by molar-refractivity contribution is 7.92. The summed E-state index contributed by atoms with van der Waals surface area (Å²) in [7, 11) is -3.36. The number of aryl methyl sites for hydroxylation is 1. The predicted molar refractivity (Wildman–Crippen MR) is 194 cm³/mol. The monoisotopic (exact) mass is 740 g/mol. The van der Waals surface area contributed by atoms with Crippen LogP contribution in [-0.4, -0.2) is 55.8 Å². The molecule has 2 amide bonds. The summed E-state index contributed by atoms with van der Waals surface area (Å²) < 4.78 is 35.2. The highest BCUT2D eigenvalue weighted by Gasteiger charge is 2.36. The van der Waals surface area contributed by atoms with Crippen molar-refractivity contribution in [2.75, 3.05) is 18.0 Å². The van der Waals surface area contributed by atoms with Crippen molar-refractivity contribution < 1.29 is 27.7 Å². The Kier molecular flexibility index (Phi) is 12.9. The molecule has 0 heterocycles. The Morgan fingerprint density at radius 3 is 2.26 bits per heavy atom. The van der Waals surface area contributed by atoms with Crippen molar-refractivity contribution in [3.8, 4) is 5.75 Å². The van der Waals surface area contributed by atoms with Crippen molar-refractivity contribution in [1.82, 2.24) is 10.2 Å². The zero-order valence-corrected chi connectivity index (χ0v) is 30.3. The summed E-state index contributed by atoms with van der Waals surface area (Å²) >= 11 is 12.6. The first-order chi connectivity index (χ1) is 23.7. The number of ether oxygens (including phenoxy) is 1. The Labute approximate surface area is 302 Å². The molecule has 0 aliphatic rings. The van der Waals surface area contributed by atoms with Gasteiger partial charge in [-0.3, -0.25) is 24.0 Å². The number of nitro groups is 1. The van der Waals surface area contributed by atoms with Gasteiger partial charge in [-0.2, -0.15) is 0 Å². The molecule has 4 rings (SSSR count). The van der Waals surface area contributed by atoms with Gasteiger partial charge in [-0.25, -0.2) is 8.42 Å². The van der Waals surface area contributed by atoms with E-state index in [0.29, 0.717) is 17.0 Å². The highest BCUT2D eigenvalue weighted by atomic mass is 35.5. The Morgan fingerprint density at radius 2 is 1.62 bits per heavy atom. The van der Waals surface area contributed by atoms with Crippen molar-refractivity contribution in [2.45, 2.75) is 57.1 Å². The summed E-state index contributed by atoms with van der Waals surface area (Å²) in [6.45, 7) is 4.34. The lowest BCUT2D eigenvalue weighted by atomic mass is 10.0. The highest BCUT2D eigenvalue weighted by Crippen LogP contribution is 2.36. The molecule has 4 aromatic rings. The van der Waals surface area contributed by atoms with E-state index in [2.05, 4.69) is 5.32 Å². The van der Waals surface area contributed by atoms with E-state index in [4.69, 9.17) is 27.9 Å².